The lowest BCUT2D eigenvalue weighted by Crippen LogP contribution is -2.39. The molecule has 0 aliphatic heterocycles. The normalized spacial score (nSPS) is 11.2. The van der Waals surface area contributed by atoms with Crippen molar-refractivity contribution in [1.82, 2.24) is 5.32 Å². The molecule has 0 aliphatic rings. The van der Waals surface area contributed by atoms with Gasteiger partial charge in [-0.1, -0.05) is 13.8 Å². The van der Waals surface area contributed by atoms with E-state index in [1.807, 2.05) is 6.26 Å². The van der Waals surface area contributed by atoms with Crippen LogP contribution in [0, 0.1) is 15.9 Å². The average Bonchev–Trinajstić information content (AvgIpc) is 2.49. The largest absolute Gasteiger partial charge is 0.351 e. The molecule has 0 aliphatic carbocycles. The van der Waals surface area contributed by atoms with Crippen LogP contribution in [0.4, 0.5) is 10.1 Å². The smallest absolute Gasteiger partial charge is 0.305 e. The standard InChI is InChI=1S/C14H19FN2O3S/c1-4-14(5-2,21-3)9-16-13(18)10-6-7-11(15)12(8-10)17(19)20/h6-8H,4-5,9H2,1-3H3,(H,16,18). The molecule has 0 unspecified atom stereocenters. The number of amides is 1. The zero-order valence-electron chi connectivity index (χ0n) is 12.3. The van der Waals surface area contributed by atoms with Crippen molar-refractivity contribution in [3.8, 4) is 0 Å². The number of carbonyl (C=O) groups excluding carboxylic acids is 1. The van der Waals surface area contributed by atoms with E-state index < -0.39 is 22.3 Å². The Labute approximate surface area is 127 Å². The summed E-state index contributed by atoms with van der Waals surface area (Å²) in [6.07, 6.45) is 3.78. The minimum atomic E-state index is -0.947. The fraction of sp³-hybridized carbons (Fsp3) is 0.500. The third-order valence-corrected chi connectivity index (χ3v) is 5.29. The van der Waals surface area contributed by atoms with Crippen LogP contribution in [0.3, 0.4) is 0 Å². The molecule has 0 saturated carbocycles. The summed E-state index contributed by atoms with van der Waals surface area (Å²) in [4.78, 5) is 21.9. The predicted molar refractivity (Wildman–Crippen MR) is 82.2 cm³/mol. The Hall–Kier alpha value is -1.63. The number of thioether (sulfide) groups is 1. The van der Waals surface area contributed by atoms with Gasteiger partial charge in [-0.15, -0.1) is 0 Å². The summed E-state index contributed by atoms with van der Waals surface area (Å²) in [5.74, 6) is -1.38. The maximum atomic E-state index is 13.2. The second-order valence-corrected chi connectivity index (χ2v) is 5.97. The van der Waals surface area contributed by atoms with E-state index in [1.165, 1.54) is 6.07 Å². The van der Waals surface area contributed by atoms with Crippen LogP contribution in [0.15, 0.2) is 18.2 Å². The summed E-state index contributed by atoms with van der Waals surface area (Å²) < 4.78 is 13.2. The highest BCUT2D eigenvalue weighted by Gasteiger charge is 2.26. The summed E-state index contributed by atoms with van der Waals surface area (Å²) in [7, 11) is 0. The minimum Gasteiger partial charge on any atom is -0.351 e. The van der Waals surface area contributed by atoms with Crippen LogP contribution in [0.1, 0.15) is 37.0 Å². The molecule has 21 heavy (non-hydrogen) atoms. The van der Waals surface area contributed by atoms with E-state index in [1.54, 1.807) is 11.8 Å². The van der Waals surface area contributed by atoms with Gasteiger partial charge in [0.25, 0.3) is 5.91 Å². The van der Waals surface area contributed by atoms with E-state index in [9.17, 15) is 19.3 Å². The topological polar surface area (TPSA) is 72.2 Å². The van der Waals surface area contributed by atoms with Gasteiger partial charge in [0.15, 0.2) is 0 Å². The molecule has 0 heterocycles. The summed E-state index contributed by atoms with van der Waals surface area (Å²) in [6, 6.07) is 3.15. The van der Waals surface area contributed by atoms with Crippen molar-refractivity contribution in [1.29, 1.82) is 0 Å². The average molecular weight is 314 g/mol. The van der Waals surface area contributed by atoms with Crippen LogP contribution in [0.5, 0.6) is 0 Å². The molecule has 7 heteroatoms. The number of nitrogens with zero attached hydrogens (tertiary/aromatic N) is 1. The SMILES string of the molecule is CCC(CC)(CNC(=O)c1ccc(F)c([N+](=O)[O-])c1)SC. The quantitative estimate of drug-likeness (QED) is 0.618. The number of hydrogen-bond donors (Lipinski definition) is 1. The predicted octanol–water partition coefficient (Wildman–Crippen LogP) is 3.39. The number of nitro groups is 1. The van der Waals surface area contributed by atoms with E-state index in [0.29, 0.717) is 6.54 Å². The van der Waals surface area contributed by atoms with E-state index in [0.717, 1.165) is 25.0 Å². The van der Waals surface area contributed by atoms with Gasteiger partial charge in [0.2, 0.25) is 5.82 Å². The highest BCUT2D eigenvalue weighted by atomic mass is 32.2. The lowest BCUT2D eigenvalue weighted by molar-refractivity contribution is -0.387. The van der Waals surface area contributed by atoms with E-state index >= 15 is 0 Å². The molecular formula is C14H19FN2O3S. The summed E-state index contributed by atoms with van der Waals surface area (Å²) in [5, 5.41) is 13.5. The first-order chi connectivity index (χ1) is 9.89. The molecule has 0 aromatic heterocycles. The molecule has 0 fully saturated rings. The van der Waals surface area contributed by atoms with Crippen molar-refractivity contribution in [2.24, 2.45) is 0 Å². The van der Waals surface area contributed by atoms with Crippen LogP contribution in [0.2, 0.25) is 0 Å². The summed E-state index contributed by atoms with van der Waals surface area (Å²) in [5.41, 5.74) is -0.602. The van der Waals surface area contributed by atoms with Crippen molar-refractivity contribution in [2.45, 2.75) is 31.4 Å². The molecule has 116 valence electrons. The first-order valence-electron chi connectivity index (χ1n) is 6.66. The highest BCUT2D eigenvalue weighted by molar-refractivity contribution is 8.00. The monoisotopic (exact) mass is 314 g/mol. The molecule has 1 aromatic rings. The maximum Gasteiger partial charge on any atom is 0.305 e. The van der Waals surface area contributed by atoms with Crippen LogP contribution in [-0.2, 0) is 0 Å². The fourth-order valence-corrected chi connectivity index (χ4v) is 2.79. The minimum absolute atomic E-state index is 0.0539. The van der Waals surface area contributed by atoms with Crippen molar-refractivity contribution in [2.75, 3.05) is 12.8 Å². The Morgan fingerprint density at radius 1 is 1.43 bits per heavy atom. The summed E-state index contributed by atoms with van der Waals surface area (Å²) >= 11 is 1.68. The van der Waals surface area contributed by atoms with Crippen LogP contribution in [0.25, 0.3) is 0 Å². The molecule has 0 bridgehead atoms. The number of halogens is 1. The third-order valence-electron chi connectivity index (χ3n) is 3.70. The maximum absolute atomic E-state index is 13.2. The van der Waals surface area contributed by atoms with Crippen molar-refractivity contribution in [3.63, 3.8) is 0 Å². The number of carbonyl (C=O) groups is 1. The molecule has 1 aromatic carbocycles. The van der Waals surface area contributed by atoms with Crippen LogP contribution < -0.4 is 5.32 Å². The molecule has 0 radical (unpaired) electrons. The van der Waals surface area contributed by atoms with Crippen LogP contribution >= 0.6 is 11.8 Å². The van der Waals surface area contributed by atoms with Gasteiger partial charge in [0, 0.05) is 22.9 Å². The van der Waals surface area contributed by atoms with Gasteiger partial charge in [0.1, 0.15) is 0 Å². The first kappa shape index (κ1) is 17.4. The Bertz CT molecular complexity index is 525. The Kier molecular flexibility index (Phi) is 6.14. The zero-order chi connectivity index (χ0) is 16.0. The molecule has 1 N–H and O–H groups in total. The second-order valence-electron chi connectivity index (χ2n) is 4.70. The Balaban J connectivity index is 2.85. The molecule has 0 spiro atoms. The molecule has 0 atom stereocenters. The number of nitrogens with one attached hydrogen (secondary N) is 1. The molecule has 5 nitrogen and oxygen atoms in total. The van der Waals surface area contributed by atoms with Crippen molar-refractivity contribution >= 4 is 23.4 Å². The molecule has 0 saturated heterocycles. The van der Waals surface area contributed by atoms with Gasteiger partial charge in [-0.2, -0.15) is 16.2 Å². The number of nitro benzene ring substituents is 1. The van der Waals surface area contributed by atoms with E-state index in [2.05, 4.69) is 19.2 Å². The lowest BCUT2D eigenvalue weighted by Gasteiger charge is -2.29. The van der Waals surface area contributed by atoms with E-state index in [-0.39, 0.29) is 10.3 Å². The Morgan fingerprint density at radius 3 is 2.52 bits per heavy atom. The van der Waals surface area contributed by atoms with Crippen molar-refractivity contribution < 1.29 is 14.1 Å². The molecule has 1 amide bonds. The zero-order valence-corrected chi connectivity index (χ0v) is 13.1. The number of benzene rings is 1. The van der Waals surface area contributed by atoms with Gasteiger partial charge in [-0.05, 0) is 31.2 Å². The van der Waals surface area contributed by atoms with Gasteiger partial charge in [-0.3, -0.25) is 14.9 Å². The summed E-state index contributed by atoms with van der Waals surface area (Å²) in [6.45, 7) is 4.56. The van der Waals surface area contributed by atoms with Crippen LogP contribution in [-0.4, -0.2) is 28.4 Å². The Morgan fingerprint density at radius 2 is 2.05 bits per heavy atom. The van der Waals surface area contributed by atoms with Gasteiger partial charge in [-0.25, -0.2) is 0 Å². The van der Waals surface area contributed by atoms with Gasteiger partial charge in [0.05, 0.1) is 4.92 Å². The first-order valence-corrected chi connectivity index (χ1v) is 7.89. The van der Waals surface area contributed by atoms with Gasteiger partial charge < -0.3 is 5.32 Å². The lowest BCUT2D eigenvalue weighted by atomic mass is 10.0. The fourth-order valence-electron chi connectivity index (χ4n) is 2.00. The van der Waals surface area contributed by atoms with E-state index in [4.69, 9.17) is 0 Å². The second kappa shape index (κ2) is 7.40. The molecular weight excluding hydrogens is 295 g/mol. The van der Waals surface area contributed by atoms with Crippen molar-refractivity contribution in [3.05, 3.63) is 39.7 Å². The number of rotatable bonds is 7. The van der Waals surface area contributed by atoms with Gasteiger partial charge >= 0.3 is 5.69 Å². The molecule has 1 rings (SSSR count). The number of hydrogen-bond acceptors (Lipinski definition) is 4. The third kappa shape index (κ3) is 4.17. The highest BCUT2D eigenvalue weighted by Crippen LogP contribution is 2.29.